The highest BCUT2D eigenvalue weighted by atomic mass is 32.2. The van der Waals surface area contributed by atoms with Crippen molar-refractivity contribution in [3.05, 3.63) is 40.1 Å². The highest BCUT2D eigenvalue weighted by Gasteiger charge is 2.08. The first kappa shape index (κ1) is 12.2. The van der Waals surface area contributed by atoms with Gasteiger partial charge in [0.2, 0.25) is 0 Å². The number of hydrogen-bond acceptors (Lipinski definition) is 4. The third kappa shape index (κ3) is 2.53. The molecule has 1 aromatic heterocycles. The number of benzene rings is 1. The van der Waals surface area contributed by atoms with Crippen molar-refractivity contribution in [2.45, 2.75) is 18.4 Å². The Morgan fingerprint density at radius 3 is 2.94 bits per heavy atom. The maximum Gasteiger partial charge on any atom is 0.193 e. The second-order valence-corrected chi connectivity index (χ2v) is 4.90. The van der Waals surface area contributed by atoms with E-state index in [0.717, 1.165) is 11.3 Å². The van der Waals surface area contributed by atoms with E-state index in [0.29, 0.717) is 22.5 Å². The molecule has 0 aliphatic rings. The van der Waals surface area contributed by atoms with Crippen molar-refractivity contribution in [3.63, 3.8) is 0 Å². The Morgan fingerprint density at radius 1 is 1.41 bits per heavy atom. The van der Waals surface area contributed by atoms with Gasteiger partial charge in [0.25, 0.3) is 0 Å². The van der Waals surface area contributed by atoms with Crippen LogP contribution in [0.5, 0.6) is 0 Å². The van der Waals surface area contributed by atoms with Crippen molar-refractivity contribution in [1.82, 2.24) is 0 Å². The van der Waals surface area contributed by atoms with E-state index >= 15 is 0 Å². The van der Waals surface area contributed by atoms with E-state index in [1.54, 1.807) is 6.07 Å². The minimum Gasteiger partial charge on any atom is -0.449 e. The van der Waals surface area contributed by atoms with Crippen LogP contribution in [-0.2, 0) is 6.42 Å². The molecule has 90 valence electrons. The Hall–Kier alpha value is -1.26. The normalized spacial score (nSPS) is 10.9. The zero-order chi connectivity index (χ0) is 12.3. The van der Waals surface area contributed by atoms with E-state index in [1.807, 2.05) is 19.1 Å². The number of aliphatic hydroxyl groups excluding tert-OH is 1. The molecule has 1 heterocycles. The fourth-order valence-corrected chi connectivity index (χ4v) is 2.36. The highest BCUT2D eigenvalue weighted by molar-refractivity contribution is 7.99. The molecule has 0 aliphatic heterocycles. The van der Waals surface area contributed by atoms with Gasteiger partial charge in [-0.1, -0.05) is 30.8 Å². The maximum absolute atomic E-state index is 11.9. The molecular weight excluding hydrogens is 236 g/mol. The smallest absolute Gasteiger partial charge is 0.193 e. The van der Waals surface area contributed by atoms with E-state index in [-0.39, 0.29) is 12.0 Å². The summed E-state index contributed by atoms with van der Waals surface area (Å²) < 4.78 is 5.72. The van der Waals surface area contributed by atoms with Crippen LogP contribution in [0.15, 0.2) is 38.6 Å². The zero-order valence-electron chi connectivity index (χ0n) is 9.60. The lowest BCUT2D eigenvalue weighted by molar-refractivity contribution is 0.299. The van der Waals surface area contributed by atoms with Gasteiger partial charge in [-0.25, -0.2) is 0 Å². The van der Waals surface area contributed by atoms with Crippen molar-refractivity contribution >= 4 is 22.7 Å². The summed E-state index contributed by atoms with van der Waals surface area (Å²) in [6.07, 6.45) is 0.501. The first-order chi connectivity index (χ1) is 8.26. The van der Waals surface area contributed by atoms with Gasteiger partial charge >= 0.3 is 0 Å². The molecule has 4 heteroatoms. The number of aliphatic hydroxyl groups is 1. The van der Waals surface area contributed by atoms with E-state index < -0.39 is 0 Å². The van der Waals surface area contributed by atoms with E-state index in [9.17, 15) is 4.79 Å². The van der Waals surface area contributed by atoms with Crippen LogP contribution >= 0.6 is 11.8 Å². The summed E-state index contributed by atoms with van der Waals surface area (Å²) in [7, 11) is 0. The molecule has 0 saturated heterocycles. The SMILES string of the molecule is CCSc1cc(=O)c2cccc(CCO)c2o1. The number of hydrogen-bond donors (Lipinski definition) is 1. The first-order valence-electron chi connectivity index (χ1n) is 5.55. The van der Waals surface area contributed by atoms with Crippen LogP contribution in [0.3, 0.4) is 0 Å². The molecule has 17 heavy (non-hydrogen) atoms. The third-order valence-electron chi connectivity index (χ3n) is 2.48. The average Bonchev–Trinajstić information content (AvgIpc) is 2.31. The van der Waals surface area contributed by atoms with Gasteiger partial charge in [-0.2, -0.15) is 0 Å². The van der Waals surface area contributed by atoms with Crippen LogP contribution in [0.25, 0.3) is 11.0 Å². The van der Waals surface area contributed by atoms with Crippen LogP contribution in [0, 0.1) is 0 Å². The second kappa shape index (κ2) is 5.38. The van der Waals surface area contributed by atoms with Gasteiger partial charge in [0.1, 0.15) is 5.58 Å². The molecule has 2 aromatic rings. The van der Waals surface area contributed by atoms with Gasteiger partial charge in [0.15, 0.2) is 10.5 Å². The van der Waals surface area contributed by atoms with Crippen LogP contribution in [-0.4, -0.2) is 17.5 Å². The van der Waals surface area contributed by atoms with Crippen molar-refractivity contribution in [2.75, 3.05) is 12.4 Å². The van der Waals surface area contributed by atoms with Gasteiger partial charge in [-0.05, 0) is 23.8 Å². The molecular formula is C13H14O3S. The highest BCUT2D eigenvalue weighted by Crippen LogP contribution is 2.23. The summed E-state index contributed by atoms with van der Waals surface area (Å²) in [5.41, 5.74) is 1.45. The average molecular weight is 250 g/mol. The number of thioether (sulfide) groups is 1. The minimum absolute atomic E-state index is 0.0259. The molecule has 2 rings (SSSR count). The van der Waals surface area contributed by atoms with Gasteiger partial charge in [-0.15, -0.1) is 0 Å². The summed E-state index contributed by atoms with van der Waals surface area (Å²) in [4.78, 5) is 11.9. The molecule has 0 amide bonds. The molecule has 0 saturated carbocycles. The van der Waals surface area contributed by atoms with Crippen molar-refractivity contribution in [1.29, 1.82) is 0 Å². The lowest BCUT2D eigenvalue weighted by atomic mass is 10.1. The molecule has 0 aliphatic carbocycles. The summed E-state index contributed by atoms with van der Waals surface area (Å²) in [5.74, 6) is 0.858. The molecule has 0 fully saturated rings. The molecule has 3 nitrogen and oxygen atoms in total. The quantitative estimate of drug-likeness (QED) is 0.847. The van der Waals surface area contributed by atoms with Crippen LogP contribution in [0.1, 0.15) is 12.5 Å². The van der Waals surface area contributed by atoms with Gasteiger partial charge in [-0.3, -0.25) is 4.79 Å². The number of rotatable bonds is 4. The Balaban J connectivity index is 2.65. The third-order valence-corrected chi connectivity index (χ3v) is 3.26. The van der Waals surface area contributed by atoms with Gasteiger partial charge in [0.05, 0.1) is 5.39 Å². The predicted octanol–water partition coefficient (Wildman–Crippen LogP) is 2.44. The van der Waals surface area contributed by atoms with Crippen LogP contribution < -0.4 is 5.43 Å². The topological polar surface area (TPSA) is 50.4 Å². The summed E-state index contributed by atoms with van der Waals surface area (Å²) in [6.45, 7) is 2.06. The van der Waals surface area contributed by atoms with Gasteiger partial charge < -0.3 is 9.52 Å². The zero-order valence-corrected chi connectivity index (χ0v) is 10.4. The predicted molar refractivity (Wildman–Crippen MR) is 69.7 cm³/mol. The Bertz CT molecular complexity index is 574. The van der Waals surface area contributed by atoms with E-state index in [2.05, 4.69) is 0 Å². The van der Waals surface area contributed by atoms with Gasteiger partial charge in [0, 0.05) is 12.7 Å². The standard InChI is InChI=1S/C13H14O3S/c1-2-17-12-8-11(15)10-5-3-4-9(6-7-14)13(10)16-12/h3-5,8,14H,2,6-7H2,1H3. The molecule has 0 bridgehead atoms. The van der Waals surface area contributed by atoms with E-state index in [1.165, 1.54) is 17.8 Å². The Morgan fingerprint density at radius 2 is 2.24 bits per heavy atom. The second-order valence-electron chi connectivity index (χ2n) is 3.63. The molecule has 1 aromatic carbocycles. The van der Waals surface area contributed by atoms with Crippen molar-refractivity contribution in [3.8, 4) is 0 Å². The molecule has 0 unspecified atom stereocenters. The minimum atomic E-state index is -0.0259. The Labute approximate surface area is 103 Å². The monoisotopic (exact) mass is 250 g/mol. The largest absolute Gasteiger partial charge is 0.449 e. The fraction of sp³-hybridized carbons (Fsp3) is 0.308. The van der Waals surface area contributed by atoms with Crippen molar-refractivity contribution in [2.24, 2.45) is 0 Å². The number of fused-ring (bicyclic) bond motifs is 1. The lowest BCUT2D eigenvalue weighted by Gasteiger charge is -2.05. The lowest BCUT2D eigenvalue weighted by Crippen LogP contribution is -2.02. The number of para-hydroxylation sites is 1. The first-order valence-corrected chi connectivity index (χ1v) is 6.54. The molecule has 0 atom stereocenters. The van der Waals surface area contributed by atoms with Crippen LogP contribution in [0.2, 0.25) is 0 Å². The molecule has 0 radical (unpaired) electrons. The summed E-state index contributed by atoms with van der Waals surface area (Å²) in [6, 6.07) is 6.97. The molecule has 1 N–H and O–H groups in total. The Kier molecular flexibility index (Phi) is 3.86. The van der Waals surface area contributed by atoms with E-state index in [4.69, 9.17) is 9.52 Å². The summed E-state index contributed by atoms with van der Waals surface area (Å²) >= 11 is 1.50. The maximum atomic E-state index is 11.9. The summed E-state index contributed by atoms with van der Waals surface area (Å²) in [5, 5.41) is 10.2. The van der Waals surface area contributed by atoms with Crippen LogP contribution in [0.4, 0.5) is 0 Å². The molecule has 0 spiro atoms. The fourth-order valence-electron chi connectivity index (χ4n) is 1.74. The van der Waals surface area contributed by atoms with Crippen molar-refractivity contribution < 1.29 is 9.52 Å².